The molecule has 1 aliphatic rings. The summed E-state index contributed by atoms with van der Waals surface area (Å²) >= 11 is 9.29. The number of ether oxygens (including phenoxy) is 1. The summed E-state index contributed by atoms with van der Waals surface area (Å²) in [6.07, 6.45) is -3.78. The molecule has 194 valence electrons. The van der Waals surface area contributed by atoms with Gasteiger partial charge in [-0.1, -0.05) is 27.5 Å². The molecule has 4 amide bonds. The summed E-state index contributed by atoms with van der Waals surface area (Å²) in [5.41, 5.74) is -2.57. The van der Waals surface area contributed by atoms with Crippen molar-refractivity contribution in [1.29, 1.82) is 0 Å². The van der Waals surface area contributed by atoms with E-state index < -0.39 is 51.5 Å². The zero-order valence-corrected chi connectivity index (χ0v) is 20.9. The Labute approximate surface area is 224 Å². The quantitative estimate of drug-likeness (QED) is 0.153. The fourth-order valence-electron chi connectivity index (χ4n) is 3.40. The monoisotopic (exact) mass is 609 g/mol. The molecular formula is C24H12BrClF3N3O6. The lowest BCUT2D eigenvalue weighted by molar-refractivity contribution is -0.385. The predicted octanol–water partition coefficient (Wildman–Crippen LogP) is 6.49. The van der Waals surface area contributed by atoms with Gasteiger partial charge in [0, 0.05) is 21.1 Å². The molecule has 3 aromatic rings. The molecule has 0 bridgehead atoms. The first kappa shape index (κ1) is 26.8. The fraction of sp³-hybridized carbons (Fsp3) is 0.0417. The van der Waals surface area contributed by atoms with E-state index in [4.69, 9.17) is 16.3 Å². The molecule has 3 aromatic carbocycles. The number of nitro benzene ring substituents is 1. The number of halogens is 5. The number of nitrogens with one attached hydrogen (secondary N) is 1. The highest BCUT2D eigenvalue weighted by molar-refractivity contribution is 9.10. The van der Waals surface area contributed by atoms with Gasteiger partial charge in [-0.15, -0.1) is 0 Å². The van der Waals surface area contributed by atoms with E-state index >= 15 is 0 Å². The largest absolute Gasteiger partial charge is 0.449 e. The van der Waals surface area contributed by atoms with Crippen molar-refractivity contribution in [2.24, 2.45) is 0 Å². The van der Waals surface area contributed by atoms with E-state index in [-0.39, 0.29) is 22.0 Å². The third-order valence-electron chi connectivity index (χ3n) is 5.16. The Kier molecular flexibility index (Phi) is 7.24. The normalized spacial score (nSPS) is 15.0. The van der Waals surface area contributed by atoms with Gasteiger partial charge >= 0.3 is 17.9 Å². The van der Waals surface area contributed by atoms with Gasteiger partial charge in [0.15, 0.2) is 0 Å². The Hall–Kier alpha value is -4.23. The molecule has 0 atom stereocenters. The second-order valence-electron chi connectivity index (χ2n) is 7.66. The van der Waals surface area contributed by atoms with Crippen LogP contribution in [-0.4, -0.2) is 22.8 Å². The number of imide groups is 2. The van der Waals surface area contributed by atoms with Crippen LogP contribution in [0.5, 0.6) is 11.5 Å². The fourth-order valence-corrected chi connectivity index (χ4v) is 3.85. The van der Waals surface area contributed by atoms with E-state index in [0.29, 0.717) is 16.6 Å². The summed E-state index contributed by atoms with van der Waals surface area (Å²) in [4.78, 5) is 49.2. The van der Waals surface area contributed by atoms with E-state index in [9.17, 15) is 37.7 Å². The SMILES string of the molecule is O=C1NC(=O)N(c2ccc(Br)cc2)C(=O)/C1=C/c1cc(Cl)ccc1Oc1ccc(C(F)(F)F)cc1[N+](=O)[O-]. The summed E-state index contributed by atoms with van der Waals surface area (Å²) in [7, 11) is 0. The molecule has 0 aliphatic carbocycles. The topological polar surface area (TPSA) is 119 Å². The number of barbiturate groups is 1. The van der Waals surface area contributed by atoms with Crippen LogP contribution >= 0.6 is 27.5 Å². The number of rotatable bonds is 5. The van der Waals surface area contributed by atoms with Gasteiger partial charge in [0.2, 0.25) is 5.75 Å². The van der Waals surface area contributed by atoms with Gasteiger partial charge in [-0.05, 0) is 60.7 Å². The molecule has 4 rings (SSSR count). The molecule has 0 unspecified atom stereocenters. The standard InChI is InChI=1S/C24H12BrClF3N3O6/c25-14-2-5-16(6-3-14)31-22(34)17(21(33)30-23(31)35)10-12-9-15(26)4-8-19(12)38-20-7-1-13(24(27,28)29)11-18(20)32(36)37/h1-11H,(H,30,33,35)/b17-10+. The van der Waals surface area contributed by atoms with E-state index in [1.165, 1.54) is 30.3 Å². The minimum Gasteiger partial charge on any atom is -0.449 e. The van der Waals surface area contributed by atoms with Crippen molar-refractivity contribution in [3.8, 4) is 11.5 Å². The Bertz CT molecular complexity index is 1530. The van der Waals surface area contributed by atoms with E-state index in [1.54, 1.807) is 12.1 Å². The lowest BCUT2D eigenvalue weighted by Crippen LogP contribution is -2.54. The number of anilines is 1. The number of nitro groups is 1. The third-order valence-corrected chi connectivity index (χ3v) is 5.92. The molecule has 0 saturated carbocycles. The number of carbonyl (C=O) groups is 3. The predicted molar refractivity (Wildman–Crippen MR) is 133 cm³/mol. The van der Waals surface area contributed by atoms with E-state index in [2.05, 4.69) is 15.9 Å². The minimum absolute atomic E-state index is 0.0182. The van der Waals surface area contributed by atoms with Gasteiger partial charge in [-0.3, -0.25) is 25.0 Å². The van der Waals surface area contributed by atoms with Crippen molar-refractivity contribution in [1.82, 2.24) is 5.32 Å². The zero-order valence-electron chi connectivity index (χ0n) is 18.6. The first-order valence-electron chi connectivity index (χ1n) is 10.3. The maximum Gasteiger partial charge on any atom is 0.416 e. The number of carbonyl (C=O) groups excluding carboxylic acids is 3. The maximum absolute atomic E-state index is 13.2. The molecule has 1 fully saturated rings. The summed E-state index contributed by atoms with van der Waals surface area (Å²) in [6.45, 7) is 0. The van der Waals surface area contributed by atoms with Crippen LogP contribution in [0.4, 0.5) is 29.3 Å². The van der Waals surface area contributed by atoms with Crippen molar-refractivity contribution in [3.05, 3.63) is 97.0 Å². The number of benzene rings is 3. The van der Waals surface area contributed by atoms with Crippen LogP contribution in [0.15, 0.2) is 70.7 Å². The molecule has 14 heteroatoms. The van der Waals surface area contributed by atoms with Crippen molar-refractivity contribution in [2.75, 3.05) is 4.90 Å². The molecule has 1 heterocycles. The third kappa shape index (κ3) is 5.53. The van der Waals surface area contributed by atoms with Gasteiger partial charge in [0.25, 0.3) is 11.8 Å². The number of urea groups is 1. The first-order chi connectivity index (χ1) is 17.8. The molecule has 38 heavy (non-hydrogen) atoms. The second kappa shape index (κ2) is 10.3. The van der Waals surface area contributed by atoms with Crippen LogP contribution in [0, 0.1) is 10.1 Å². The highest BCUT2D eigenvalue weighted by Gasteiger charge is 2.37. The zero-order chi connectivity index (χ0) is 27.8. The number of amides is 4. The lowest BCUT2D eigenvalue weighted by Gasteiger charge is -2.26. The Morgan fingerprint density at radius 2 is 1.66 bits per heavy atom. The van der Waals surface area contributed by atoms with Crippen molar-refractivity contribution in [2.45, 2.75) is 6.18 Å². The Morgan fingerprint density at radius 1 is 1.00 bits per heavy atom. The van der Waals surface area contributed by atoms with Crippen LogP contribution in [0.1, 0.15) is 11.1 Å². The van der Waals surface area contributed by atoms with Gasteiger partial charge in [-0.25, -0.2) is 9.69 Å². The van der Waals surface area contributed by atoms with Gasteiger partial charge < -0.3 is 4.74 Å². The Balaban J connectivity index is 1.76. The van der Waals surface area contributed by atoms with Crippen molar-refractivity contribution in [3.63, 3.8) is 0 Å². The summed E-state index contributed by atoms with van der Waals surface area (Å²) in [6, 6.07) is 10.7. The van der Waals surface area contributed by atoms with Crippen molar-refractivity contribution < 1.29 is 37.2 Å². The number of hydrogen-bond acceptors (Lipinski definition) is 6. The van der Waals surface area contributed by atoms with E-state index in [1.807, 2.05) is 5.32 Å². The van der Waals surface area contributed by atoms with Crippen molar-refractivity contribution >= 4 is 62.8 Å². The molecule has 0 radical (unpaired) electrons. The molecule has 9 nitrogen and oxygen atoms in total. The molecule has 1 saturated heterocycles. The molecule has 1 N–H and O–H groups in total. The average molecular weight is 611 g/mol. The molecule has 0 aromatic heterocycles. The van der Waals surface area contributed by atoms with Crippen LogP contribution in [0.25, 0.3) is 6.08 Å². The number of alkyl halides is 3. The highest BCUT2D eigenvalue weighted by atomic mass is 79.9. The summed E-state index contributed by atoms with van der Waals surface area (Å²) in [5, 5.41) is 13.6. The smallest absolute Gasteiger partial charge is 0.416 e. The highest BCUT2D eigenvalue weighted by Crippen LogP contribution is 2.39. The number of hydrogen-bond donors (Lipinski definition) is 1. The van der Waals surface area contributed by atoms with Gasteiger partial charge in [-0.2, -0.15) is 13.2 Å². The molecule has 0 spiro atoms. The van der Waals surface area contributed by atoms with Crippen LogP contribution in [0.3, 0.4) is 0 Å². The van der Waals surface area contributed by atoms with Crippen LogP contribution in [-0.2, 0) is 15.8 Å². The average Bonchev–Trinajstić information content (AvgIpc) is 2.83. The van der Waals surface area contributed by atoms with Gasteiger partial charge in [0.1, 0.15) is 11.3 Å². The van der Waals surface area contributed by atoms with E-state index in [0.717, 1.165) is 17.0 Å². The van der Waals surface area contributed by atoms with Gasteiger partial charge in [0.05, 0.1) is 16.2 Å². The molecule has 1 aliphatic heterocycles. The number of nitrogens with zero attached hydrogens (tertiary/aromatic N) is 2. The Morgan fingerprint density at radius 3 is 2.29 bits per heavy atom. The summed E-state index contributed by atoms with van der Waals surface area (Å²) < 4.78 is 45.4. The van der Waals surface area contributed by atoms with Crippen LogP contribution in [0.2, 0.25) is 5.02 Å². The first-order valence-corrected chi connectivity index (χ1v) is 11.5. The molecular weight excluding hydrogens is 599 g/mol. The minimum atomic E-state index is -4.83. The van der Waals surface area contributed by atoms with Crippen LogP contribution < -0.4 is 15.0 Å². The maximum atomic E-state index is 13.2. The summed E-state index contributed by atoms with van der Waals surface area (Å²) in [5.74, 6) is -2.71. The lowest BCUT2D eigenvalue weighted by atomic mass is 10.1. The second-order valence-corrected chi connectivity index (χ2v) is 9.01.